The van der Waals surface area contributed by atoms with Gasteiger partial charge in [0.2, 0.25) is 0 Å². The van der Waals surface area contributed by atoms with Gasteiger partial charge in [-0.15, -0.1) is 11.3 Å². The predicted molar refractivity (Wildman–Crippen MR) is 107 cm³/mol. The predicted octanol–water partition coefficient (Wildman–Crippen LogP) is 5.12. The second-order valence-electron chi connectivity index (χ2n) is 6.07. The lowest BCUT2D eigenvalue weighted by Crippen LogP contribution is -2.16. The van der Waals surface area contributed by atoms with Gasteiger partial charge < -0.3 is 5.32 Å². The molecule has 0 unspecified atom stereocenters. The first-order valence-corrected chi connectivity index (χ1v) is 9.07. The minimum absolute atomic E-state index is 0.163. The average molecular weight is 375 g/mol. The summed E-state index contributed by atoms with van der Waals surface area (Å²) in [7, 11) is 0. The third kappa shape index (κ3) is 2.98. The molecule has 0 saturated carbocycles. The van der Waals surface area contributed by atoms with Gasteiger partial charge in [0.05, 0.1) is 11.4 Å². The van der Waals surface area contributed by atoms with Gasteiger partial charge in [-0.1, -0.05) is 18.2 Å². The molecule has 4 rings (SSSR count). The lowest BCUT2D eigenvalue weighted by atomic mass is 10.2. The summed E-state index contributed by atoms with van der Waals surface area (Å²) < 4.78 is 15.1. The van der Waals surface area contributed by atoms with E-state index in [9.17, 15) is 14.4 Å². The molecule has 0 bridgehead atoms. The van der Waals surface area contributed by atoms with Gasteiger partial charge in [0.25, 0.3) is 5.56 Å². The molecule has 2 aromatic carbocycles. The first kappa shape index (κ1) is 17.0. The number of hydrogen-bond acceptors (Lipinski definition) is 4. The zero-order chi connectivity index (χ0) is 19.0. The summed E-state index contributed by atoms with van der Waals surface area (Å²) in [6.07, 6.45) is 0. The van der Waals surface area contributed by atoms with Gasteiger partial charge >= 0.3 is 0 Å². The minimum Gasteiger partial charge on any atom is -0.353 e. The molecule has 2 aromatic heterocycles. The van der Waals surface area contributed by atoms with Gasteiger partial charge in [0.15, 0.2) is 0 Å². The molecule has 0 spiro atoms. The van der Waals surface area contributed by atoms with Gasteiger partial charge in [0, 0.05) is 17.1 Å². The van der Waals surface area contributed by atoms with Crippen molar-refractivity contribution in [3.05, 3.63) is 87.3 Å². The van der Waals surface area contributed by atoms with Crippen molar-refractivity contribution in [3.63, 3.8) is 0 Å². The van der Waals surface area contributed by atoms with Crippen molar-refractivity contribution in [3.8, 4) is 11.8 Å². The molecule has 0 amide bonds. The highest BCUT2D eigenvalue weighted by Gasteiger charge is 2.17. The summed E-state index contributed by atoms with van der Waals surface area (Å²) in [5.41, 5.74) is 2.39. The van der Waals surface area contributed by atoms with E-state index in [1.165, 1.54) is 23.5 Å². The van der Waals surface area contributed by atoms with Crippen LogP contribution in [0.25, 0.3) is 15.9 Å². The van der Waals surface area contributed by atoms with Crippen molar-refractivity contribution >= 4 is 32.9 Å². The van der Waals surface area contributed by atoms with Crippen LogP contribution < -0.4 is 10.9 Å². The van der Waals surface area contributed by atoms with Crippen LogP contribution in [0.2, 0.25) is 0 Å². The maximum absolute atomic E-state index is 13.5. The van der Waals surface area contributed by atoms with E-state index in [-0.39, 0.29) is 11.4 Å². The number of thiophene rings is 1. The van der Waals surface area contributed by atoms with Crippen molar-refractivity contribution < 1.29 is 4.39 Å². The fraction of sp³-hybridized carbons (Fsp3) is 0.0476. The molecule has 0 aliphatic carbocycles. The molecule has 27 heavy (non-hydrogen) atoms. The largest absolute Gasteiger partial charge is 0.353 e. The summed E-state index contributed by atoms with van der Waals surface area (Å²) in [6.45, 7) is 1.69. The fourth-order valence-corrected chi connectivity index (χ4v) is 4.04. The highest BCUT2D eigenvalue weighted by atomic mass is 32.1. The van der Waals surface area contributed by atoms with Gasteiger partial charge in [-0.05, 0) is 48.9 Å². The smallest absolute Gasteiger partial charge is 0.256 e. The normalized spacial score (nSPS) is 10.7. The van der Waals surface area contributed by atoms with Crippen LogP contribution in [0.3, 0.4) is 0 Å². The van der Waals surface area contributed by atoms with Gasteiger partial charge in [-0.2, -0.15) is 5.26 Å². The van der Waals surface area contributed by atoms with Gasteiger partial charge in [-0.3, -0.25) is 9.36 Å². The Morgan fingerprint density at radius 3 is 2.59 bits per heavy atom. The Balaban J connectivity index is 1.93. The van der Waals surface area contributed by atoms with Crippen LogP contribution in [0.15, 0.2) is 65.5 Å². The Morgan fingerprint density at radius 1 is 1.11 bits per heavy atom. The molecule has 6 heteroatoms. The van der Waals surface area contributed by atoms with Crippen molar-refractivity contribution in [1.82, 2.24) is 4.57 Å². The van der Waals surface area contributed by atoms with Crippen LogP contribution in [0.5, 0.6) is 0 Å². The van der Waals surface area contributed by atoms with Gasteiger partial charge in [0.1, 0.15) is 21.6 Å². The monoisotopic (exact) mass is 375 g/mol. The van der Waals surface area contributed by atoms with Crippen LogP contribution in [-0.2, 0) is 0 Å². The molecule has 0 saturated heterocycles. The first-order chi connectivity index (χ1) is 13.1. The van der Waals surface area contributed by atoms with E-state index in [0.29, 0.717) is 26.6 Å². The molecule has 0 atom stereocenters. The fourth-order valence-electron chi connectivity index (χ4n) is 2.97. The molecule has 4 aromatic rings. The first-order valence-electron chi connectivity index (χ1n) is 8.26. The number of para-hydroxylation sites is 1. The minimum atomic E-state index is -0.283. The Kier molecular flexibility index (Phi) is 4.22. The maximum Gasteiger partial charge on any atom is 0.256 e. The number of hydrogen-bond donors (Lipinski definition) is 1. The second kappa shape index (κ2) is 6.71. The number of nitrogens with one attached hydrogen (secondary N) is 1. The zero-order valence-electron chi connectivity index (χ0n) is 14.4. The van der Waals surface area contributed by atoms with Crippen LogP contribution >= 0.6 is 11.3 Å². The topological polar surface area (TPSA) is 57.8 Å². The summed E-state index contributed by atoms with van der Waals surface area (Å²) in [4.78, 5) is 13.7. The molecular weight excluding hydrogens is 361 g/mol. The number of anilines is 2. The quantitative estimate of drug-likeness (QED) is 0.541. The lowest BCUT2D eigenvalue weighted by molar-refractivity contribution is 0.619. The van der Waals surface area contributed by atoms with Crippen LogP contribution in [0.4, 0.5) is 15.8 Å². The van der Waals surface area contributed by atoms with Crippen molar-refractivity contribution in [2.24, 2.45) is 0 Å². The molecule has 2 heterocycles. The average Bonchev–Trinajstić information content (AvgIpc) is 3.02. The second-order valence-corrected chi connectivity index (χ2v) is 7.07. The van der Waals surface area contributed by atoms with Crippen LogP contribution in [0.1, 0.15) is 10.4 Å². The lowest BCUT2D eigenvalue weighted by Gasteiger charge is -2.09. The van der Waals surface area contributed by atoms with E-state index >= 15 is 0 Å². The van der Waals surface area contributed by atoms with E-state index in [2.05, 4.69) is 11.4 Å². The van der Waals surface area contributed by atoms with E-state index in [0.717, 1.165) is 11.1 Å². The highest BCUT2D eigenvalue weighted by molar-refractivity contribution is 7.20. The van der Waals surface area contributed by atoms with Crippen molar-refractivity contribution in [2.75, 3.05) is 5.32 Å². The molecular formula is C21H14FN3OS. The van der Waals surface area contributed by atoms with Crippen molar-refractivity contribution in [1.29, 1.82) is 5.26 Å². The number of pyridine rings is 1. The molecule has 132 valence electrons. The molecule has 0 fully saturated rings. The van der Waals surface area contributed by atoms with E-state index < -0.39 is 0 Å². The zero-order valence-corrected chi connectivity index (χ0v) is 15.2. The number of aromatic nitrogens is 1. The molecule has 4 nitrogen and oxygen atoms in total. The summed E-state index contributed by atoms with van der Waals surface area (Å²) in [6, 6.07) is 19.4. The highest BCUT2D eigenvalue weighted by Crippen LogP contribution is 2.37. The van der Waals surface area contributed by atoms with E-state index in [1.807, 2.05) is 30.3 Å². The Morgan fingerprint density at radius 2 is 1.89 bits per heavy atom. The third-order valence-corrected chi connectivity index (χ3v) is 5.38. The number of rotatable bonds is 3. The van der Waals surface area contributed by atoms with Gasteiger partial charge in [-0.25, -0.2) is 4.39 Å². The maximum atomic E-state index is 13.5. The Labute approximate surface area is 158 Å². The molecule has 0 radical (unpaired) electrons. The summed E-state index contributed by atoms with van der Waals surface area (Å²) in [5, 5.41) is 13.6. The molecule has 0 aliphatic heterocycles. The Hall–Kier alpha value is -3.43. The molecule has 0 aliphatic rings. The number of fused-ring (bicyclic) bond motifs is 1. The van der Waals surface area contributed by atoms with Crippen LogP contribution in [0, 0.1) is 24.1 Å². The van der Waals surface area contributed by atoms with E-state index in [1.54, 1.807) is 29.7 Å². The van der Waals surface area contributed by atoms with Crippen molar-refractivity contribution in [2.45, 2.75) is 6.92 Å². The summed E-state index contributed by atoms with van der Waals surface area (Å²) in [5.74, 6) is -0.283. The molecule has 1 N–H and O–H groups in total. The number of benzene rings is 2. The SMILES string of the molecule is Cc1cc(Nc2c(C#N)sc3c2ccc(=O)n3-c2ccccc2)ccc1F. The summed E-state index contributed by atoms with van der Waals surface area (Å²) >= 11 is 1.25. The Bertz CT molecular complexity index is 1250. The number of nitriles is 1. The number of aryl methyl sites for hydroxylation is 1. The number of nitrogens with zero attached hydrogens (tertiary/aromatic N) is 2. The third-order valence-electron chi connectivity index (χ3n) is 4.28. The number of halogens is 1. The van der Waals surface area contributed by atoms with E-state index in [4.69, 9.17) is 0 Å². The van der Waals surface area contributed by atoms with Crippen LogP contribution in [-0.4, -0.2) is 4.57 Å². The standard InChI is InChI=1S/C21H14FN3OS/c1-13-11-14(7-9-17(13)22)24-20-16-8-10-19(26)25(15-5-3-2-4-6-15)21(16)27-18(20)12-23/h2-11,24H,1H3.